The number of amides is 1. The van der Waals surface area contributed by atoms with Gasteiger partial charge in [0.25, 0.3) is 5.91 Å². The number of nitrogens with zero attached hydrogens (tertiary/aromatic N) is 1. The molecule has 3 aromatic rings. The summed E-state index contributed by atoms with van der Waals surface area (Å²) in [6.07, 6.45) is -1.01. The molecule has 0 unspecified atom stereocenters. The predicted octanol–water partition coefficient (Wildman–Crippen LogP) is 4.33. The molecule has 0 spiro atoms. The van der Waals surface area contributed by atoms with E-state index in [0.717, 1.165) is 23.5 Å². The lowest BCUT2D eigenvalue weighted by atomic mass is 10.2. The average molecular weight is 394 g/mol. The van der Waals surface area contributed by atoms with Crippen molar-refractivity contribution >= 4 is 39.7 Å². The Labute approximate surface area is 155 Å². The van der Waals surface area contributed by atoms with Crippen molar-refractivity contribution in [3.05, 3.63) is 57.6 Å². The van der Waals surface area contributed by atoms with Crippen molar-refractivity contribution in [2.75, 3.05) is 5.32 Å². The van der Waals surface area contributed by atoms with Crippen molar-refractivity contribution in [3.63, 3.8) is 0 Å². The maximum absolute atomic E-state index is 13.3. The van der Waals surface area contributed by atoms with Crippen LogP contribution < -0.4 is 5.32 Å². The maximum Gasteiger partial charge on any atom is 0.349 e. The number of nitrogens with one attached hydrogen (secondary N) is 1. The number of aromatic nitrogens is 1. The third kappa shape index (κ3) is 4.12. The van der Waals surface area contributed by atoms with E-state index in [1.807, 2.05) is 0 Å². The molecule has 0 bridgehead atoms. The number of hydrogen-bond donors (Lipinski definition) is 1. The molecular formula is C17H12F2N2O3S2. The van der Waals surface area contributed by atoms with Gasteiger partial charge in [-0.3, -0.25) is 10.1 Å². The molecule has 0 saturated heterocycles. The van der Waals surface area contributed by atoms with Crippen LogP contribution in [0.3, 0.4) is 0 Å². The summed E-state index contributed by atoms with van der Waals surface area (Å²) in [5.74, 6) is -3.04. The number of thiazole rings is 1. The molecule has 0 aliphatic heterocycles. The van der Waals surface area contributed by atoms with Gasteiger partial charge >= 0.3 is 5.97 Å². The van der Waals surface area contributed by atoms with Gasteiger partial charge in [-0.05, 0) is 36.6 Å². The maximum atomic E-state index is 13.3. The van der Waals surface area contributed by atoms with Crippen molar-refractivity contribution in [1.29, 1.82) is 0 Å². The van der Waals surface area contributed by atoms with Gasteiger partial charge in [-0.15, -0.1) is 22.7 Å². The highest BCUT2D eigenvalue weighted by molar-refractivity contribution is 7.14. The third-order valence-electron chi connectivity index (χ3n) is 3.33. The summed E-state index contributed by atoms with van der Waals surface area (Å²) in [7, 11) is 0. The number of hydrogen-bond acceptors (Lipinski definition) is 6. The van der Waals surface area contributed by atoms with Crippen LogP contribution in [0.15, 0.2) is 41.1 Å². The Morgan fingerprint density at radius 2 is 2.00 bits per heavy atom. The van der Waals surface area contributed by atoms with Crippen LogP contribution in [0.2, 0.25) is 0 Å². The first-order chi connectivity index (χ1) is 12.4. The average Bonchev–Trinajstić information content (AvgIpc) is 3.29. The van der Waals surface area contributed by atoms with E-state index >= 15 is 0 Å². The molecule has 1 aromatic carbocycles. The summed E-state index contributed by atoms with van der Waals surface area (Å²) >= 11 is 2.34. The fraction of sp³-hybridized carbons (Fsp3) is 0.118. The van der Waals surface area contributed by atoms with Gasteiger partial charge in [0.05, 0.1) is 5.69 Å². The van der Waals surface area contributed by atoms with E-state index in [1.54, 1.807) is 22.9 Å². The molecule has 3 rings (SSSR count). The second kappa shape index (κ2) is 7.71. The molecule has 26 heavy (non-hydrogen) atoms. The Balaban J connectivity index is 1.63. The van der Waals surface area contributed by atoms with Crippen LogP contribution in [0, 0.1) is 11.6 Å². The zero-order valence-corrected chi connectivity index (χ0v) is 15.0. The van der Waals surface area contributed by atoms with Crippen LogP contribution >= 0.6 is 22.7 Å². The summed E-state index contributed by atoms with van der Waals surface area (Å²) in [6, 6.07) is 6.74. The topological polar surface area (TPSA) is 68.3 Å². The van der Waals surface area contributed by atoms with Gasteiger partial charge in [0.2, 0.25) is 0 Å². The Hall–Kier alpha value is -2.65. The van der Waals surface area contributed by atoms with Crippen LogP contribution in [0.1, 0.15) is 16.6 Å². The van der Waals surface area contributed by atoms with E-state index < -0.39 is 29.6 Å². The zero-order valence-electron chi connectivity index (χ0n) is 13.4. The van der Waals surface area contributed by atoms with Gasteiger partial charge in [0.1, 0.15) is 4.88 Å². The fourth-order valence-corrected chi connectivity index (χ4v) is 3.32. The standard InChI is InChI=1S/C17H12F2N2O3S2/c1-9(24-16(23)14-3-2-6-25-14)15(22)21-17-20-13(8-26-17)10-4-5-11(18)12(19)7-10/h2-9H,1H3,(H,20,21,22)/t9-/m0/s1. The first-order valence-corrected chi connectivity index (χ1v) is 9.16. The first-order valence-electron chi connectivity index (χ1n) is 7.40. The summed E-state index contributed by atoms with van der Waals surface area (Å²) in [5, 5.41) is 6.13. The number of halogens is 2. The molecule has 1 amide bonds. The lowest BCUT2D eigenvalue weighted by Crippen LogP contribution is -2.29. The smallest absolute Gasteiger partial charge is 0.349 e. The molecule has 1 N–H and O–H groups in total. The number of esters is 1. The van der Waals surface area contributed by atoms with Crippen molar-refractivity contribution in [2.45, 2.75) is 13.0 Å². The van der Waals surface area contributed by atoms with Crippen LogP contribution in [0.5, 0.6) is 0 Å². The molecule has 2 heterocycles. The summed E-state index contributed by atoms with van der Waals surface area (Å²) in [4.78, 5) is 28.5. The predicted molar refractivity (Wildman–Crippen MR) is 95.3 cm³/mol. The number of ether oxygens (including phenoxy) is 1. The summed E-state index contributed by atoms with van der Waals surface area (Å²) in [5.41, 5.74) is 0.783. The molecule has 0 aliphatic carbocycles. The van der Waals surface area contributed by atoms with E-state index in [4.69, 9.17) is 4.74 Å². The van der Waals surface area contributed by atoms with E-state index in [-0.39, 0.29) is 5.13 Å². The van der Waals surface area contributed by atoms with Gasteiger partial charge in [-0.1, -0.05) is 6.07 Å². The summed E-state index contributed by atoms with van der Waals surface area (Å²) in [6.45, 7) is 1.45. The van der Waals surface area contributed by atoms with Crippen molar-refractivity contribution in [1.82, 2.24) is 4.98 Å². The number of rotatable bonds is 5. The molecule has 0 aliphatic rings. The largest absolute Gasteiger partial charge is 0.448 e. The Morgan fingerprint density at radius 3 is 2.69 bits per heavy atom. The number of anilines is 1. The molecule has 0 saturated carbocycles. The fourth-order valence-electron chi connectivity index (χ4n) is 1.99. The Bertz CT molecular complexity index is 941. The van der Waals surface area contributed by atoms with E-state index in [0.29, 0.717) is 16.1 Å². The molecule has 1 atom stereocenters. The van der Waals surface area contributed by atoms with Crippen LogP contribution in [0.25, 0.3) is 11.3 Å². The number of benzene rings is 1. The minimum Gasteiger partial charge on any atom is -0.448 e. The Kier molecular flexibility index (Phi) is 5.38. The van der Waals surface area contributed by atoms with Crippen LogP contribution in [0.4, 0.5) is 13.9 Å². The zero-order chi connectivity index (χ0) is 18.7. The quantitative estimate of drug-likeness (QED) is 0.654. The van der Waals surface area contributed by atoms with Crippen molar-refractivity contribution < 1.29 is 23.1 Å². The van der Waals surface area contributed by atoms with Gasteiger partial charge in [-0.2, -0.15) is 0 Å². The van der Waals surface area contributed by atoms with Gasteiger partial charge in [-0.25, -0.2) is 18.6 Å². The lowest BCUT2D eigenvalue weighted by molar-refractivity contribution is -0.123. The lowest BCUT2D eigenvalue weighted by Gasteiger charge is -2.11. The van der Waals surface area contributed by atoms with Crippen molar-refractivity contribution in [2.24, 2.45) is 0 Å². The van der Waals surface area contributed by atoms with Crippen LogP contribution in [-0.2, 0) is 9.53 Å². The van der Waals surface area contributed by atoms with Gasteiger partial charge in [0.15, 0.2) is 22.9 Å². The number of carbonyl (C=O) groups excluding carboxylic acids is 2. The molecule has 134 valence electrons. The number of carbonyl (C=O) groups is 2. The highest BCUT2D eigenvalue weighted by Gasteiger charge is 2.20. The Morgan fingerprint density at radius 1 is 1.19 bits per heavy atom. The SMILES string of the molecule is C[C@H](OC(=O)c1cccs1)C(=O)Nc1nc(-c2ccc(F)c(F)c2)cs1. The van der Waals surface area contributed by atoms with Gasteiger partial charge < -0.3 is 4.74 Å². The van der Waals surface area contributed by atoms with Crippen molar-refractivity contribution in [3.8, 4) is 11.3 Å². The molecule has 0 radical (unpaired) electrons. The van der Waals surface area contributed by atoms with E-state index in [9.17, 15) is 18.4 Å². The molecule has 0 fully saturated rings. The monoisotopic (exact) mass is 394 g/mol. The molecule has 9 heteroatoms. The minimum absolute atomic E-state index is 0.258. The second-order valence-corrected chi connectivity index (χ2v) is 6.99. The van der Waals surface area contributed by atoms with E-state index in [1.165, 1.54) is 24.3 Å². The minimum atomic E-state index is -1.01. The van der Waals surface area contributed by atoms with Gasteiger partial charge in [0, 0.05) is 10.9 Å². The third-order valence-corrected chi connectivity index (χ3v) is 4.93. The molecule has 5 nitrogen and oxygen atoms in total. The molecular weight excluding hydrogens is 382 g/mol. The highest BCUT2D eigenvalue weighted by atomic mass is 32.1. The van der Waals surface area contributed by atoms with E-state index in [2.05, 4.69) is 10.3 Å². The first kappa shape index (κ1) is 18.2. The number of thiophene rings is 1. The second-order valence-electron chi connectivity index (χ2n) is 5.18. The highest BCUT2D eigenvalue weighted by Crippen LogP contribution is 2.26. The summed E-state index contributed by atoms with van der Waals surface area (Å²) < 4.78 is 31.4. The normalized spacial score (nSPS) is 11.8. The van der Waals surface area contributed by atoms with Crippen LogP contribution in [-0.4, -0.2) is 23.0 Å². The molecule has 2 aromatic heterocycles.